The van der Waals surface area contributed by atoms with Crippen LogP contribution in [0.25, 0.3) is 11.1 Å². The first-order valence-electron chi connectivity index (χ1n) is 15.8. The number of nitrogens with zero attached hydrogens (tertiary/aromatic N) is 1. The lowest BCUT2D eigenvalue weighted by Crippen LogP contribution is -2.45. The third-order valence-electron chi connectivity index (χ3n) is 8.92. The van der Waals surface area contributed by atoms with Crippen molar-refractivity contribution in [3.8, 4) is 11.1 Å². The minimum absolute atomic E-state index is 0.0228. The third-order valence-corrected chi connectivity index (χ3v) is 8.92. The highest BCUT2D eigenvalue weighted by Crippen LogP contribution is 2.42. The molecular formula is C38H42N2O4. The molecule has 2 aliphatic rings. The minimum Gasteiger partial charge on any atom is -0.392 e. The lowest BCUT2D eigenvalue weighted by molar-refractivity contribution is -0.276. The van der Waals surface area contributed by atoms with Crippen LogP contribution < -0.4 is 5.32 Å². The van der Waals surface area contributed by atoms with Crippen LogP contribution in [-0.4, -0.2) is 41.7 Å². The molecule has 2 aliphatic heterocycles. The van der Waals surface area contributed by atoms with E-state index in [-0.39, 0.29) is 30.6 Å². The summed E-state index contributed by atoms with van der Waals surface area (Å²) in [4.78, 5) is 15.1. The van der Waals surface area contributed by atoms with Gasteiger partial charge in [-0.15, -0.1) is 0 Å². The molecule has 4 atom stereocenters. The van der Waals surface area contributed by atoms with Gasteiger partial charge in [0.15, 0.2) is 6.29 Å². The molecule has 0 unspecified atom stereocenters. The van der Waals surface area contributed by atoms with Crippen molar-refractivity contribution in [3.63, 3.8) is 0 Å². The molecule has 2 fully saturated rings. The Labute approximate surface area is 260 Å². The minimum atomic E-state index is -0.503. The van der Waals surface area contributed by atoms with Gasteiger partial charge in [-0.3, -0.25) is 4.79 Å². The van der Waals surface area contributed by atoms with E-state index in [1.807, 2.05) is 54.6 Å². The Kier molecular flexibility index (Phi) is 9.83. The van der Waals surface area contributed by atoms with Gasteiger partial charge in [0, 0.05) is 30.1 Å². The molecule has 0 radical (unpaired) electrons. The van der Waals surface area contributed by atoms with Crippen LogP contribution in [0.15, 0.2) is 103 Å². The van der Waals surface area contributed by atoms with Gasteiger partial charge < -0.3 is 24.8 Å². The van der Waals surface area contributed by atoms with Crippen molar-refractivity contribution in [1.82, 2.24) is 10.2 Å². The first kappa shape index (κ1) is 30.2. The Bertz CT molecular complexity index is 1520. The molecule has 44 heavy (non-hydrogen) atoms. The van der Waals surface area contributed by atoms with Crippen LogP contribution in [0.2, 0.25) is 0 Å². The number of aliphatic hydroxyl groups is 1. The van der Waals surface area contributed by atoms with Gasteiger partial charge in [0.05, 0.1) is 18.8 Å². The van der Waals surface area contributed by atoms with Gasteiger partial charge in [-0.1, -0.05) is 92.2 Å². The summed E-state index contributed by atoms with van der Waals surface area (Å²) in [6.45, 7) is 5.83. The number of nitrogens with one attached hydrogen (secondary N) is 1. The first-order valence-corrected chi connectivity index (χ1v) is 15.8. The number of benzene rings is 4. The van der Waals surface area contributed by atoms with E-state index in [9.17, 15) is 9.90 Å². The number of carbonyl (C=O) groups excluding carboxylic acids is 1. The molecule has 0 bridgehead atoms. The predicted molar refractivity (Wildman–Crippen MR) is 173 cm³/mol. The summed E-state index contributed by atoms with van der Waals surface area (Å²) in [7, 11) is 0. The smallest absolute Gasteiger partial charge is 0.251 e. The van der Waals surface area contributed by atoms with Gasteiger partial charge in [0.2, 0.25) is 0 Å². The Balaban J connectivity index is 1.22. The predicted octanol–water partition coefficient (Wildman–Crippen LogP) is 7.05. The van der Waals surface area contributed by atoms with Gasteiger partial charge in [0.25, 0.3) is 5.91 Å². The normalized spacial score (nSPS) is 22.4. The fourth-order valence-corrected chi connectivity index (χ4v) is 6.32. The molecule has 6 rings (SSSR count). The molecule has 6 heteroatoms. The number of piperidine rings is 1. The maximum absolute atomic E-state index is 12.6. The van der Waals surface area contributed by atoms with Crippen LogP contribution in [0.4, 0.5) is 0 Å². The van der Waals surface area contributed by atoms with Gasteiger partial charge in [-0.2, -0.15) is 0 Å². The molecule has 2 N–H and O–H groups in total. The summed E-state index contributed by atoms with van der Waals surface area (Å²) in [6, 6.07) is 34.1. The zero-order valence-electron chi connectivity index (χ0n) is 25.4. The van der Waals surface area contributed by atoms with Crippen molar-refractivity contribution in [1.29, 1.82) is 0 Å². The standard InChI is InChI=1S/C38H42N2O4/c1-27-35(25-40-20-6-3-7-21-40)43-38(44-36(27)30-18-16-28(26-41)17-19-30)34-15-9-14-33(23-34)32-13-8-10-29(22-32)24-39-37(42)31-11-4-2-5-12-31/h2,4-5,8-19,22-23,27,35-36,38,41H,3,6-7,20-21,24-26H2,1H3,(H,39,42)/t27-,35+,36+,38+/m0/s1. The largest absolute Gasteiger partial charge is 0.392 e. The second-order valence-electron chi connectivity index (χ2n) is 12.1. The van der Waals surface area contributed by atoms with Crippen LogP contribution in [0, 0.1) is 5.92 Å². The van der Waals surface area contributed by atoms with Crippen molar-refractivity contribution < 1.29 is 19.4 Å². The molecule has 0 aromatic heterocycles. The molecule has 2 saturated heterocycles. The van der Waals surface area contributed by atoms with Crippen LogP contribution in [0.3, 0.4) is 0 Å². The molecular weight excluding hydrogens is 548 g/mol. The lowest BCUT2D eigenvalue weighted by Gasteiger charge is -2.43. The molecule has 1 amide bonds. The van der Waals surface area contributed by atoms with E-state index < -0.39 is 6.29 Å². The Morgan fingerprint density at radius 3 is 2.27 bits per heavy atom. The van der Waals surface area contributed by atoms with E-state index in [0.717, 1.165) is 53.0 Å². The second kappa shape index (κ2) is 14.3. The van der Waals surface area contributed by atoms with Crippen molar-refractivity contribution in [2.45, 2.75) is 57.8 Å². The number of amides is 1. The zero-order valence-corrected chi connectivity index (χ0v) is 25.4. The molecule has 4 aromatic rings. The molecule has 0 aliphatic carbocycles. The van der Waals surface area contributed by atoms with E-state index >= 15 is 0 Å². The first-order chi connectivity index (χ1) is 21.6. The van der Waals surface area contributed by atoms with Gasteiger partial charge in [0.1, 0.15) is 0 Å². The summed E-state index contributed by atoms with van der Waals surface area (Å²) in [6.07, 6.45) is 3.17. The highest BCUT2D eigenvalue weighted by molar-refractivity contribution is 5.94. The SMILES string of the molecule is C[C@H]1[C@@H](CN2CCCCC2)O[C@@H](c2cccc(-c3cccc(CNC(=O)c4ccccc4)c3)c2)O[C@H]1c1ccc(CO)cc1. The summed E-state index contributed by atoms with van der Waals surface area (Å²) < 4.78 is 13.5. The van der Waals surface area contributed by atoms with Crippen LogP contribution in [0.5, 0.6) is 0 Å². The van der Waals surface area contributed by atoms with Gasteiger partial charge in [-0.25, -0.2) is 0 Å². The molecule has 0 saturated carbocycles. The van der Waals surface area contributed by atoms with E-state index in [2.05, 4.69) is 65.7 Å². The van der Waals surface area contributed by atoms with Crippen LogP contribution in [-0.2, 0) is 22.6 Å². The third kappa shape index (κ3) is 7.28. The fraction of sp³-hybridized carbons (Fsp3) is 0.342. The maximum atomic E-state index is 12.6. The number of carbonyl (C=O) groups is 1. The summed E-state index contributed by atoms with van der Waals surface area (Å²) >= 11 is 0. The van der Waals surface area contributed by atoms with Gasteiger partial charge in [-0.05, 0) is 78.0 Å². The fourth-order valence-electron chi connectivity index (χ4n) is 6.32. The average molecular weight is 591 g/mol. The molecule has 0 spiro atoms. The van der Waals surface area contributed by atoms with Crippen molar-refractivity contribution >= 4 is 5.91 Å². The maximum Gasteiger partial charge on any atom is 0.251 e. The van der Waals surface area contributed by atoms with Crippen LogP contribution in [0.1, 0.15) is 71.2 Å². The van der Waals surface area contributed by atoms with E-state index in [1.165, 1.54) is 19.3 Å². The monoisotopic (exact) mass is 590 g/mol. The van der Waals surface area contributed by atoms with Gasteiger partial charge >= 0.3 is 0 Å². The van der Waals surface area contributed by atoms with E-state index in [1.54, 1.807) is 0 Å². The molecule has 6 nitrogen and oxygen atoms in total. The summed E-state index contributed by atoms with van der Waals surface area (Å²) in [5.74, 6) is 0.0811. The Morgan fingerprint density at radius 2 is 1.52 bits per heavy atom. The van der Waals surface area contributed by atoms with E-state index in [0.29, 0.717) is 12.1 Å². The highest BCUT2D eigenvalue weighted by Gasteiger charge is 2.39. The number of hydrogen-bond donors (Lipinski definition) is 2. The Morgan fingerprint density at radius 1 is 0.795 bits per heavy atom. The quantitative estimate of drug-likeness (QED) is 0.219. The average Bonchev–Trinajstić information content (AvgIpc) is 3.09. The number of aliphatic hydroxyl groups excluding tert-OH is 1. The topological polar surface area (TPSA) is 71.0 Å². The molecule has 228 valence electrons. The van der Waals surface area contributed by atoms with Crippen molar-refractivity contribution in [3.05, 3.63) is 131 Å². The highest BCUT2D eigenvalue weighted by atomic mass is 16.7. The van der Waals surface area contributed by atoms with Crippen LogP contribution >= 0.6 is 0 Å². The summed E-state index contributed by atoms with van der Waals surface area (Å²) in [5.41, 5.74) is 6.81. The Hall–Kier alpha value is -3.81. The number of likely N-dealkylation sites (tertiary alicyclic amines) is 1. The molecule has 4 aromatic carbocycles. The number of hydrogen-bond acceptors (Lipinski definition) is 5. The number of rotatable bonds is 9. The number of ether oxygens (including phenoxy) is 2. The zero-order chi connectivity index (χ0) is 30.3. The van der Waals surface area contributed by atoms with Crippen molar-refractivity contribution in [2.75, 3.05) is 19.6 Å². The van der Waals surface area contributed by atoms with Crippen molar-refractivity contribution in [2.24, 2.45) is 5.92 Å². The lowest BCUT2D eigenvalue weighted by atomic mass is 9.89. The molecule has 2 heterocycles. The van der Waals surface area contributed by atoms with E-state index in [4.69, 9.17) is 9.47 Å². The summed E-state index contributed by atoms with van der Waals surface area (Å²) in [5, 5.41) is 12.6. The second-order valence-corrected chi connectivity index (χ2v) is 12.1.